The molecule has 0 bridgehead atoms. The van der Waals surface area contributed by atoms with Crippen molar-refractivity contribution in [2.24, 2.45) is 0 Å². The highest BCUT2D eigenvalue weighted by Gasteiger charge is 2.42. The van der Waals surface area contributed by atoms with Crippen LogP contribution in [-0.2, 0) is 17.6 Å². The molecule has 2 aliphatic rings. The SMILES string of the molecule is [C-]#[N+]/C(C#N)=C1C=C(/C=C/c2ccc(N(c3ccc(-c4ccccc4)cc3)c3ccc(-c4ccccc4)cc3)cc2)OC2(C\1)Cc1ccccc1C2. The van der Waals surface area contributed by atoms with Crippen LogP contribution in [0.15, 0.2) is 187 Å². The molecule has 0 N–H and O–H groups in total. The van der Waals surface area contributed by atoms with E-state index < -0.39 is 5.60 Å². The van der Waals surface area contributed by atoms with Gasteiger partial charge in [0.25, 0.3) is 5.70 Å². The van der Waals surface area contributed by atoms with Crippen LogP contribution < -0.4 is 4.90 Å². The average molecular weight is 670 g/mol. The molecule has 248 valence electrons. The Labute approximate surface area is 305 Å². The van der Waals surface area contributed by atoms with Crippen molar-refractivity contribution < 1.29 is 4.74 Å². The van der Waals surface area contributed by atoms with Crippen LogP contribution in [0.3, 0.4) is 0 Å². The van der Waals surface area contributed by atoms with Gasteiger partial charge >= 0.3 is 0 Å². The lowest BCUT2D eigenvalue weighted by Crippen LogP contribution is -2.36. The number of allylic oxidation sites excluding steroid dienone is 3. The Morgan fingerprint density at radius 3 is 1.54 bits per heavy atom. The maximum absolute atomic E-state index is 9.73. The number of benzene rings is 6. The third-order valence-electron chi connectivity index (χ3n) is 9.89. The number of rotatable bonds is 7. The molecule has 4 nitrogen and oxygen atoms in total. The smallest absolute Gasteiger partial charge is 0.265 e. The first-order valence-electron chi connectivity index (χ1n) is 17.5. The van der Waals surface area contributed by atoms with Gasteiger partial charge in [0, 0.05) is 36.3 Å². The zero-order valence-corrected chi connectivity index (χ0v) is 28.6. The van der Waals surface area contributed by atoms with E-state index in [1.54, 1.807) is 0 Å². The van der Waals surface area contributed by atoms with Gasteiger partial charge in [-0.1, -0.05) is 127 Å². The third-order valence-corrected chi connectivity index (χ3v) is 9.89. The molecule has 52 heavy (non-hydrogen) atoms. The molecular weight excluding hydrogens is 635 g/mol. The number of hydrogen-bond acceptors (Lipinski definition) is 3. The van der Waals surface area contributed by atoms with Gasteiger partial charge in [0.2, 0.25) is 0 Å². The minimum atomic E-state index is -0.503. The standard InChI is InChI=1S/C48H35N3O/c1-50-47(34-49)42-30-46(52-48(33-42)31-40-14-8-9-15-41(40)32-48)29-18-35-16-23-43(24-17-35)51(44-25-19-38(20-26-44)36-10-4-2-5-11-36)45-27-21-39(22-28-45)37-12-6-3-7-13-37/h2-30H,31-33H2/b29-18+,47-42+. The summed E-state index contributed by atoms with van der Waals surface area (Å²) >= 11 is 0. The average Bonchev–Trinajstić information content (AvgIpc) is 3.56. The third kappa shape index (κ3) is 6.67. The maximum atomic E-state index is 9.73. The van der Waals surface area contributed by atoms with Crippen molar-refractivity contribution in [2.75, 3.05) is 4.90 Å². The molecule has 1 spiro atoms. The second-order valence-corrected chi connectivity index (χ2v) is 13.3. The van der Waals surface area contributed by atoms with Gasteiger partial charge in [-0.05, 0) is 93.1 Å². The number of hydrogen-bond donors (Lipinski definition) is 0. The van der Waals surface area contributed by atoms with E-state index in [0.29, 0.717) is 12.2 Å². The molecule has 4 heteroatoms. The van der Waals surface area contributed by atoms with Crippen LogP contribution in [0.2, 0.25) is 0 Å². The number of nitriles is 1. The fourth-order valence-electron chi connectivity index (χ4n) is 7.37. The summed E-state index contributed by atoms with van der Waals surface area (Å²) < 4.78 is 6.69. The van der Waals surface area contributed by atoms with Crippen LogP contribution in [0.5, 0.6) is 0 Å². The number of anilines is 3. The number of fused-ring (bicyclic) bond motifs is 1. The van der Waals surface area contributed by atoms with Crippen molar-refractivity contribution in [3.05, 3.63) is 215 Å². The molecule has 0 aromatic heterocycles. The molecule has 1 heterocycles. The van der Waals surface area contributed by atoms with Crippen LogP contribution >= 0.6 is 0 Å². The van der Waals surface area contributed by atoms with E-state index in [0.717, 1.165) is 41.0 Å². The molecule has 0 unspecified atom stereocenters. The van der Waals surface area contributed by atoms with Crippen molar-refractivity contribution in [1.82, 2.24) is 0 Å². The number of nitrogens with zero attached hydrogens (tertiary/aromatic N) is 3. The highest BCUT2D eigenvalue weighted by Crippen LogP contribution is 2.43. The molecule has 8 rings (SSSR count). The first kappa shape index (κ1) is 32.3. The Bertz CT molecular complexity index is 2270. The van der Waals surface area contributed by atoms with E-state index in [9.17, 15) is 5.26 Å². The molecule has 0 saturated heterocycles. The summed E-state index contributed by atoms with van der Waals surface area (Å²) in [5.74, 6) is 0.660. The minimum Gasteiger partial charge on any atom is -0.486 e. The summed E-state index contributed by atoms with van der Waals surface area (Å²) in [6, 6.07) is 57.3. The lowest BCUT2D eigenvalue weighted by atomic mass is 9.87. The molecule has 0 radical (unpaired) electrons. The Morgan fingerprint density at radius 1 is 0.596 bits per heavy atom. The van der Waals surface area contributed by atoms with Gasteiger partial charge in [-0.3, -0.25) is 0 Å². The highest BCUT2D eigenvalue weighted by molar-refractivity contribution is 5.80. The predicted molar refractivity (Wildman–Crippen MR) is 211 cm³/mol. The molecule has 0 atom stereocenters. The van der Waals surface area contributed by atoms with Crippen molar-refractivity contribution in [3.8, 4) is 28.3 Å². The van der Waals surface area contributed by atoms with Crippen molar-refractivity contribution in [3.63, 3.8) is 0 Å². The lowest BCUT2D eigenvalue weighted by Gasteiger charge is -2.35. The molecule has 0 amide bonds. The van der Waals surface area contributed by atoms with Gasteiger partial charge in [-0.2, -0.15) is 0 Å². The van der Waals surface area contributed by atoms with E-state index in [-0.39, 0.29) is 5.70 Å². The van der Waals surface area contributed by atoms with E-state index in [1.165, 1.54) is 33.4 Å². The summed E-state index contributed by atoms with van der Waals surface area (Å²) in [5.41, 5.74) is 11.8. The van der Waals surface area contributed by atoms with Gasteiger partial charge in [-0.25, -0.2) is 10.1 Å². The Hall–Kier alpha value is -6.88. The molecule has 1 aliphatic carbocycles. The van der Waals surface area contributed by atoms with Gasteiger partial charge in [0.05, 0.1) is 12.6 Å². The Kier molecular flexibility index (Phi) is 8.80. The largest absolute Gasteiger partial charge is 0.486 e. The van der Waals surface area contributed by atoms with Crippen LogP contribution in [-0.4, -0.2) is 5.60 Å². The molecular formula is C48H35N3O. The highest BCUT2D eigenvalue weighted by atomic mass is 16.5. The molecule has 1 aliphatic heterocycles. The minimum absolute atomic E-state index is 0.127. The fraction of sp³-hybridized carbons (Fsp3) is 0.0833. The summed E-state index contributed by atoms with van der Waals surface area (Å²) in [4.78, 5) is 5.82. The monoisotopic (exact) mass is 669 g/mol. The summed E-state index contributed by atoms with van der Waals surface area (Å²) in [6.07, 6.45) is 7.88. The quantitative estimate of drug-likeness (QED) is 0.125. The van der Waals surface area contributed by atoms with Crippen LogP contribution in [0.4, 0.5) is 17.1 Å². The number of ether oxygens (including phenoxy) is 1. The second-order valence-electron chi connectivity index (χ2n) is 13.3. The fourth-order valence-corrected chi connectivity index (χ4v) is 7.37. The van der Waals surface area contributed by atoms with E-state index in [1.807, 2.05) is 30.4 Å². The van der Waals surface area contributed by atoms with Gasteiger partial charge in [-0.15, -0.1) is 0 Å². The summed E-state index contributed by atoms with van der Waals surface area (Å²) in [7, 11) is 0. The Morgan fingerprint density at radius 2 is 1.06 bits per heavy atom. The van der Waals surface area contributed by atoms with Gasteiger partial charge < -0.3 is 9.64 Å². The van der Waals surface area contributed by atoms with Crippen LogP contribution in [0, 0.1) is 17.9 Å². The van der Waals surface area contributed by atoms with E-state index in [4.69, 9.17) is 11.3 Å². The molecule has 6 aromatic rings. The molecule has 0 saturated carbocycles. The van der Waals surface area contributed by atoms with E-state index >= 15 is 0 Å². The molecule has 6 aromatic carbocycles. The molecule has 0 fully saturated rings. The van der Waals surface area contributed by atoms with Crippen LogP contribution in [0.1, 0.15) is 23.1 Å². The summed E-state index contributed by atoms with van der Waals surface area (Å²) in [6.45, 7) is 7.62. The second kappa shape index (κ2) is 14.2. The van der Waals surface area contributed by atoms with Crippen molar-refractivity contribution in [1.29, 1.82) is 5.26 Å². The maximum Gasteiger partial charge on any atom is 0.265 e. The lowest BCUT2D eigenvalue weighted by molar-refractivity contribution is 0.0108. The van der Waals surface area contributed by atoms with Gasteiger partial charge in [0.15, 0.2) is 0 Å². The summed E-state index contributed by atoms with van der Waals surface area (Å²) in [5, 5.41) is 9.73. The zero-order valence-electron chi connectivity index (χ0n) is 28.6. The zero-order chi connectivity index (χ0) is 35.3. The van der Waals surface area contributed by atoms with E-state index in [2.05, 4.69) is 161 Å². The van der Waals surface area contributed by atoms with Gasteiger partial charge in [0.1, 0.15) is 11.4 Å². The van der Waals surface area contributed by atoms with Crippen molar-refractivity contribution >= 4 is 23.1 Å². The Balaban J connectivity index is 1.09. The first-order valence-corrected chi connectivity index (χ1v) is 17.5. The van der Waals surface area contributed by atoms with Crippen molar-refractivity contribution in [2.45, 2.75) is 24.9 Å². The topological polar surface area (TPSA) is 40.6 Å². The first-order chi connectivity index (χ1) is 25.6. The predicted octanol–water partition coefficient (Wildman–Crippen LogP) is 12.0. The van der Waals surface area contributed by atoms with Crippen LogP contribution in [0.25, 0.3) is 33.2 Å². The normalized spacial score (nSPS) is 15.2.